The molecule has 120 valence electrons. The quantitative estimate of drug-likeness (QED) is 0.861. The lowest BCUT2D eigenvalue weighted by atomic mass is 9.96. The van der Waals surface area contributed by atoms with Crippen LogP contribution < -0.4 is 10.6 Å². The van der Waals surface area contributed by atoms with E-state index in [9.17, 15) is 9.59 Å². The molecule has 1 aliphatic rings. The van der Waals surface area contributed by atoms with E-state index in [0.717, 1.165) is 19.4 Å². The molecule has 1 heterocycles. The van der Waals surface area contributed by atoms with Crippen LogP contribution in [0.25, 0.3) is 0 Å². The van der Waals surface area contributed by atoms with Crippen molar-refractivity contribution >= 4 is 11.8 Å². The first-order valence-corrected chi connectivity index (χ1v) is 7.91. The number of likely N-dealkylation sites (tertiary alicyclic amines) is 1. The number of carbonyl (C=O) groups excluding carboxylic acids is 2. The Morgan fingerprint density at radius 1 is 1.32 bits per heavy atom. The zero-order chi connectivity index (χ0) is 15.9. The van der Waals surface area contributed by atoms with E-state index in [1.165, 1.54) is 0 Å². The van der Waals surface area contributed by atoms with Crippen molar-refractivity contribution in [1.29, 1.82) is 0 Å². The second kappa shape index (κ2) is 7.94. The summed E-state index contributed by atoms with van der Waals surface area (Å²) in [4.78, 5) is 26.5. The summed E-state index contributed by atoms with van der Waals surface area (Å²) in [6.45, 7) is 3.86. The van der Waals surface area contributed by atoms with Gasteiger partial charge in [-0.3, -0.25) is 9.59 Å². The fourth-order valence-corrected chi connectivity index (χ4v) is 2.64. The first-order valence-electron chi connectivity index (χ1n) is 7.91. The smallest absolute Gasteiger partial charge is 0.253 e. The topological polar surface area (TPSA) is 61.4 Å². The van der Waals surface area contributed by atoms with E-state index in [0.29, 0.717) is 18.7 Å². The first kappa shape index (κ1) is 16.5. The van der Waals surface area contributed by atoms with E-state index in [2.05, 4.69) is 10.6 Å². The number of likely N-dealkylation sites (N-methyl/N-ethyl adjacent to an activating group) is 1. The number of rotatable bonds is 5. The van der Waals surface area contributed by atoms with Gasteiger partial charge in [-0.1, -0.05) is 18.2 Å². The third-order valence-corrected chi connectivity index (χ3v) is 4.18. The highest BCUT2D eigenvalue weighted by Crippen LogP contribution is 2.18. The normalized spacial score (nSPS) is 19.5. The number of amides is 2. The highest BCUT2D eigenvalue weighted by atomic mass is 16.2. The molecular weight excluding hydrogens is 278 g/mol. The van der Waals surface area contributed by atoms with E-state index in [-0.39, 0.29) is 23.8 Å². The Morgan fingerprint density at radius 3 is 2.73 bits per heavy atom. The van der Waals surface area contributed by atoms with E-state index in [1.54, 1.807) is 4.90 Å². The van der Waals surface area contributed by atoms with Gasteiger partial charge in [0, 0.05) is 31.2 Å². The average Bonchev–Trinajstić information content (AvgIpc) is 2.59. The number of nitrogens with one attached hydrogen (secondary N) is 2. The molecule has 5 heteroatoms. The fraction of sp³-hybridized carbons (Fsp3) is 0.529. The van der Waals surface area contributed by atoms with E-state index in [4.69, 9.17) is 0 Å². The molecule has 2 rings (SSSR count). The van der Waals surface area contributed by atoms with Crippen molar-refractivity contribution in [3.8, 4) is 0 Å². The molecular formula is C17H25N3O2. The molecule has 0 aromatic heterocycles. The lowest BCUT2D eigenvalue weighted by molar-refractivity contribution is -0.126. The highest BCUT2D eigenvalue weighted by Gasteiger charge is 2.28. The van der Waals surface area contributed by atoms with Crippen LogP contribution in [0.5, 0.6) is 0 Å². The lowest BCUT2D eigenvalue weighted by Gasteiger charge is -2.32. The Morgan fingerprint density at radius 2 is 2.05 bits per heavy atom. The Labute approximate surface area is 132 Å². The van der Waals surface area contributed by atoms with E-state index < -0.39 is 0 Å². The van der Waals surface area contributed by atoms with Gasteiger partial charge in [-0.05, 0) is 38.9 Å². The summed E-state index contributed by atoms with van der Waals surface area (Å²) in [6.07, 6.45) is 1.72. The molecule has 1 aromatic carbocycles. The molecule has 0 radical (unpaired) electrons. The number of nitrogens with zero attached hydrogens (tertiary/aromatic N) is 1. The predicted octanol–water partition coefficient (Wildman–Crippen LogP) is 1.26. The van der Waals surface area contributed by atoms with Crippen molar-refractivity contribution in [3.05, 3.63) is 35.9 Å². The second-order valence-electron chi connectivity index (χ2n) is 5.89. The molecule has 1 saturated heterocycles. The fourth-order valence-electron chi connectivity index (χ4n) is 2.64. The van der Waals surface area contributed by atoms with Gasteiger partial charge in [0.05, 0.1) is 5.92 Å². The van der Waals surface area contributed by atoms with Crippen LogP contribution >= 0.6 is 0 Å². The molecule has 2 amide bonds. The lowest BCUT2D eigenvalue weighted by Crippen LogP contribution is -2.47. The Hall–Kier alpha value is -1.88. The van der Waals surface area contributed by atoms with Crippen LogP contribution in [0.1, 0.15) is 30.1 Å². The Balaban J connectivity index is 1.91. The van der Waals surface area contributed by atoms with Crippen molar-refractivity contribution < 1.29 is 9.59 Å². The zero-order valence-corrected chi connectivity index (χ0v) is 13.3. The standard InChI is InChI=1S/C17H25N3O2/c1-13(18-2)11-19-16(21)15-9-6-10-20(12-15)17(22)14-7-4-3-5-8-14/h3-5,7-8,13,15,18H,6,9-12H2,1-2H3,(H,19,21). The van der Waals surface area contributed by atoms with Crippen molar-refractivity contribution in [2.24, 2.45) is 5.92 Å². The Kier molecular flexibility index (Phi) is 5.95. The molecule has 1 aromatic rings. The molecule has 0 bridgehead atoms. The molecule has 2 unspecified atom stereocenters. The van der Waals surface area contributed by atoms with Gasteiger partial charge in [0.1, 0.15) is 0 Å². The molecule has 0 aliphatic carbocycles. The van der Waals surface area contributed by atoms with Crippen molar-refractivity contribution in [1.82, 2.24) is 15.5 Å². The maximum atomic E-state index is 12.5. The Bertz CT molecular complexity index is 504. The van der Waals surface area contributed by atoms with Crippen LogP contribution in [0.2, 0.25) is 0 Å². The minimum Gasteiger partial charge on any atom is -0.354 e. The van der Waals surface area contributed by atoms with Gasteiger partial charge in [0.15, 0.2) is 0 Å². The largest absolute Gasteiger partial charge is 0.354 e. The van der Waals surface area contributed by atoms with E-state index >= 15 is 0 Å². The summed E-state index contributed by atoms with van der Waals surface area (Å²) < 4.78 is 0. The summed E-state index contributed by atoms with van der Waals surface area (Å²) in [5.74, 6) is -0.0418. The molecule has 1 aliphatic heterocycles. The SMILES string of the molecule is CNC(C)CNC(=O)C1CCCN(C(=O)c2ccccc2)C1. The van der Waals surface area contributed by atoms with Crippen molar-refractivity contribution in [3.63, 3.8) is 0 Å². The molecule has 0 spiro atoms. The van der Waals surface area contributed by atoms with E-state index in [1.807, 2.05) is 44.3 Å². The van der Waals surface area contributed by atoms with Crippen LogP contribution in [0.4, 0.5) is 0 Å². The molecule has 2 atom stereocenters. The maximum Gasteiger partial charge on any atom is 0.253 e. The van der Waals surface area contributed by atoms with Crippen LogP contribution in [0, 0.1) is 5.92 Å². The minimum absolute atomic E-state index is 0.0155. The monoisotopic (exact) mass is 303 g/mol. The van der Waals surface area contributed by atoms with Crippen molar-refractivity contribution in [2.45, 2.75) is 25.8 Å². The maximum absolute atomic E-state index is 12.5. The summed E-state index contributed by atoms with van der Waals surface area (Å²) in [5, 5.41) is 6.06. The van der Waals surface area contributed by atoms with Crippen LogP contribution in [-0.2, 0) is 4.79 Å². The van der Waals surface area contributed by atoms with Gasteiger partial charge in [-0.15, -0.1) is 0 Å². The molecule has 5 nitrogen and oxygen atoms in total. The minimum atomic E-state index is -0.106. The van der Waals surface area contributed by atoms with Crippen LogP contribution in [-0.4, -0.2) is 49.4 Å². The molecule has 22 heavy (non-hydrogen) atoms. The summed E-state index contributed by atoms with van der Waals surface area (Å²) in [6, 6.07) is 9.50. The molecule has 1 fully saturated rings. The van der Waals surface area contributed by atoms with Gasteiger partial charge in [0.25, 0.3) is 5.91 Å². The van der Waals surface area contributed by atoms with Gasteiger partial charge in [0.2, 0.25) is 5.91 Å². The van der Waals surface area contributed by atoms with Crippen LogP contribution in [0.3, 0.4) is 0 Å². The first-order chi connectivity index (χ1) is 10.6. The predicted molar refractivity (Wildman–Crippen MR) is 86.6 cm³/mol. The number of benzene rings is 1. The third kappa shape index (κ3) is 4.31. The average molecular weight is 303 g/mol. The number of hydrogen-bond acceptors (Lipinski definition) is 3. The van der Waals surface area contributed by atoms with Gasteiger partial charge in [-0.2, -0.15) is 0 Å². The zero-order valence-electron chi connectivity index (χ0n) is 13.3. The highest BCUT2D eigenvalue weighted by molar-refractivity contribution is 5.94. The van der Waals surface area contributed by atoms with Crippen LogP contribution in [0.15, 0.2) is 30.3 Å². The second-order valence-corrected chi connectivity index (χ2v) is 5.89. The van der Waals surface area contributed by atoms with Crippen molar-refractivity contribution in [2.75, 3.05) is 26.7 Å². The summed E-state index contributed by atoms with van der Waals surface area (Å²) >= 11 is 0. The third-order valence-electron chi connectivity index (χ3n) is 4.18. The molecule has 0 saturated carbocycles. The number of hydrogen-bond donors (Lipinski definition) is 2. The summed E-state index contributed by atoms with van der Waals surface area (Å²) in [7, 11) is 1.87. The molecule has 2 N–H and O–H groups in total. The number of piperidine rings is 1. The van der Waals surface area contributed by atoms with Gasteiger partial charge in [-0.25, -0.2) is 0 Å². The summed E-state index contributed by atoms with van der Waals surface area (Å²) in [5.41, 5.74) is 0.687. The van der Waals surface area contributed by atoms with Gasteiger partial charge >= 0.3 is 0 Å². The number of carbonyl (C=O) groups is 2. The van der Waals surface area contributed by atoms with Gasteiger partial charge < -0.3 is 15.5 Å².